The number of hydrogen-bond acceptors (Lipinski definition) is 4. The lowest BCUT2D eigenvalue weighted by molar-refractivity contribution is -0.139. The maximum atomic E-state index is 12.3. The van der Waals surface area contributed by atoms with Gasteiger partial charge in [-0.05, 0) is 30.0 Å². The molecular formula is C14H19N3O4S. The number of hydrogen-bond donors (Lipinski definition) is 3. The highest BCUT2D eigenvalue weighted by molar-refractivity contribution is 7.90. The summed E-state index contributed by atoms with van der Waals surface area (Å²) in [5, 5.41) is 12.0. The predicted octanol–water partition coefficient (Wildman–Crippen LogP) is 1.42. The molecule has 0 amide bonds. The van der Waals surface area contributed by atoms with Gasteiger partial charge in [-0.1, -0.05) is 26.8 Å². The largest absolute Gasteiger partial charge is 0.480 e. The first-order chi connectivity index (χ1) is 10.2. The SMILES string of the molecule is CCc1ccc2c(c1)S(=O)(=O)NC(=NC(C(=O)O)C(C)C)N2. The van der Waals surface area contributed by atoms with E-state index in [1.54, 1.807) is 26.0 Å². The fourth-order valence-electron chi connectivity index (χ4n) is 2.13. The van der Waals surface area contributed by atoms with Crippen LogP contribution >= 0.6 is 0 Å². The van der Waals surface area contributed by atoms with Crippen molar-refractivity contribution in [3.05, 3.63) is 23.8 Å². The molecule has 7 nitrogen and oxygen atoms in total. The molecule has 1 aliphatic rings. The molecule has 0 bridgehead atoms. The van der Waals surface area contributed by atoms with Gasteiger partial charge < -0.3 is 10.4 Å². The standard InChI is InChI=1S/C14H19N3O4S/c1-4-9-5-6-10-11(7-9)22(20,21)17-14(15-10)16-12(8(2)3)13(18)19/h5-8,12H,4H2,1-3H3,(H,18,19)(H2,15,16,17). The molecule has 1 heterocycles. The van der Waals surface area contributed by atoms with Crippen molar-refractivity contribution in [1.82, 2.24) is 4.72 Å². The second-order valence-electron chi connectivity index (χ2n) is 5.42. The summed E-state index contributed by atoms with van der Waals surface area (Å²) in [6.07, 6.45) is 0.720. The van der Waals surface area contributed by atoms with E-state index in [0.717, 1.165) is 12.0 Å². The van der Waals surface area contributed by atoms with Crippen LogP contribution in [0.2, 0.25) is 0 Å². The Bertz CT molecular complexity index is 726. The average Bonchev–Trinajstić information content (AvgIpc) is 2.43. The maximum Gasteiger partial charge on any atom is 0.328 e. The van der Waals surface area contributed by atoms with E-state index in [2.05, 4.69) is 15.0 Å². The van der Waals surface area contributed by atoms with Crippen molar-refractivity contribution < 1.29 is 18.3 Å². The maximum absolute atomic E-state index is 12.3. The molecule has 2 rings (SSSR count). The Kier molecular flexibility index (Phi) is 4.41. The first-order valence-corrected chi connectivity index (χ1v) is 8.46. The fourth-order valence-corrected chi connectivity index (χ4v) is 3.32. The lowest BCUT2D eigenvalue weighted by atomic mass is 10.1. The molecule has 0 aliphatic carbocycles. The van der Waals surface area contributed by atoms with E-state index >= 15 is 0 Å². The smallest absolute Gasteiger partial charge is 0.328 e. The number of anilines is 1. The fraction of sp³-hybridized carbons (Fsp3) is 0.429. The molecule has 1 aliphatic heterocycles. The van der Waals surface area contributed by atoms with Gasteiger partial charge in [-0.3, -0.25) is 0 Å². The normalized spacial score (nSPS) is 19.2. The summed E-state index contributed by atoms with van der Waals surface area (Å²) in [6, 6.07) is 4.05. The highest BCUT2D eigenvalue weighted by atomic mass is 32.2. The van der Waals surface area contributed by atoms with E-state index < -0.39 is 22.0 Å². The Morgan fingerprint density at radius 2 is 2.05 bits per heavy atom. The number of nitrogens with one attached hydrogen (secondary N) is 2. The summed E-state index contributed by atoms with van der Waals surface area (Å²) in [7, 11) is -3.76. The van der Waals surface area contributed by atoms with E-state index in [4.69, 9.17) is 5.11 Å². The van der Waals surface area contributed by atoms with Crippen molar-refractivity contribution in [2.45, 2.75) is 38.1 Å². The van der Waals surface area contributed by atoms with Gasteiger partial charge in [0.2, 0.25) is 5.96 Å². The van der Waals surface area contributed by atoms with Crippen molar-refractivity contribution in [1.29, 1.82) is 0 Å². The number of carboxylic acids is 1. The summed E-state index contributed by atoms with van der Waals surface area (Å²) >= 11 is 0. The Morgan fingerprint density at radius 1 is 1.36 bits per heavy atom. The van der Waals surface area contributed by atoms with E-state index in [0.29, 0.717) is 5.69 Å². The first kappa shape index (κ1) is 16.3. The third-order valence-corrected chi connectivity index (χ3v) is 4.76. The Labute approximate surface area is 129 Å². The van der Waals surface area contributed by atoms with Gasteiger partial charge in [0.1, 0.15) is 4.90 Å². The Balaban J connectivity index is 2.44. The number of carbonyl (C=O) groups is 1. The summed E-state index contributed by atoms with van der Waals surface area (Å²) in [5.74, 6) is -1.44. The van der Waals surface area contributed by atoms with Crippen LogP contribution in [0.4, 0.5) is 5.69 Å². The summed E-state index contributed by atoms with van der Waals surface area (Å²) in [6.45, 7) is 5.36. The van der Waals surface area contributed by atoms with Gasteiger partial charge in [-0.15, -0.1) is 0 Å². The number of sulfonamides is 1. The summed E-state index contributed by atoms with van der Waals surface area (Å²) in [5.41, 5.74) is 1.29. The number of nitrogens with zero attached hydrogens (tertiary/aromatic N) is 1. The quantitative estimate of drug-likeness (QED) is 0.776. The lowest BCUT2D eigenvalue weighted by Crippen LogP contribution is -2.42. The molecule has 0 saturated carbocycles. The molecule has 0 fully saturated rings. The van der Waals surface area contributed by atoms with Gasteiger partial charge in [0.15, 0.2) is 6.04 Å². The van der Waals surface area contributed by atoms with Gasteiger partial charge in [0.25, 0.3) is 10.0 Å². The zero-order valence-electron chi connectivity index (χ0n) is 12.6. The van der Waals surface area contributed by atoms with Crippen molar-refractivity contribution in [2.24, 2.45) is 10.9 Å². The molecule has 1 aromatic carbocycles. The summed E-state index contributed by atoms with van der Waals surface area (Å²) < 4.78 is 26.9. The van der Waals surface area contributed by atoms with Crippen LogP contribution in [0, 0.1) is 5.92 Å². The molecule has 0 aromatic heterocycles. The molecule has 0 saturated heterocycles. The van der Waals surface area contributed by atoms with Crippen LogP contribution in [0.1, 0.15) is 26.3 Å². The second-order valence-corrected chi connectivity index (χ2v) is 7.07. The molecule has 3 N–H and O–H groups in total. The van der Waals surface area contributed by atoms with Crippen LogP contribution in [0.25, 0.3) is 0 Å². The van der Waals surface area contributed by atoms with E-state index in [1.165, 1.54) is 0 Å². The van der Waals surface area contributed by atoms with Crippen molar-refractivity contribution >= 4 is 27.6 Å². The minimum absolute atomic E-state index is 0.0714. The van der Waals surface area contributed by atoms with Crippen LogP contribution in [0.3, 0.4) is 0 Å². The molecule has 1 aromatic rings. The molecule has 1 atom stereocenters. The highest BCUT2D eigenvalue weighted by Crippen LogP contribution is 2.26. The molecule has 0 spiro atoms. The third kappa shape index (κ3) is 3.22. The molecule has 22 heavy (non-hydrogen) atoms. The number of aliphatic imine (C=N–C) groups is 1. The number of guanidine groups is 1. The van der Waals surface area contributed by atoms with Crippen LogP contribution in [0.15, 0.2) is 28.1 Å². The third-order valence-electron chi connectivity index (χ3n) is 3.38. The van der Waals surface area contributed by atoms with Crippen molar-refractivity contribution in [3.63, 3.8) is 0 Å². The highest BCUT2D eigenvalue weighted by Gasteiger charge is 2.29. The van der Waals surface area contributed by atoms with Gasteiger partial charge in [0.05, 0.1) is 5.69 Å². The van der Waals surface area contributed by atoms with Crippen LogP contribution in [-0.4, -0.2) is 31.5 Å². The molecular weight excluding hydrogens is 306 g/mol. The minimum atomic E-state index is -3.76. The Morgan fingerprint density at radius 3 is 2.59 bits per heavy atom. The van der Waals surface area contributed by atoms with Crippen LogP contribution in [-0.2, 0) is 21.2 Å². The van der Waals surface area contributed by atoms with E-state index in [9.17, 15) is 13.2 Å². The number of carboxylic acid groups (broad SMARTS) is 1. The number of fused-ring (bicyclic) bond motifs is 1. The van der Waals surface area contributed by atoms with E-state index in [-0.39, 0.29) is 16.8 Å². The number of rotatable bonds is 4. The Hall–Kier alpha value is -2.09. The summed E-state index contributed by atoms with van der Waals surface area (Å²) in [4.78, 5) is 15.3. The monoisotopic (exact) mass is 325 g/mol. The first-order valence-electron chi connectivity index (χ1n) is 6.98. The van der Waals surface area contributed by atoms with Crippen molar-refractivity contribution in [2.75, 3.05) is 5.32 Å². The number of aryl methyl sites for hydroxylation is 1. The minimum Gasteiger partial charge on any atom is -0.480 e. The van der Waals surface area contributed by atoms with Crippen LogP contribution < -0.4 is 10.0 Å². The van der Waals surface area contributed by atoms with Crippen molar-refractivity contribution in [3.8, 4) is 0 Å². The topological polar surface area (TPSA) is 108 Å². The van der Waals surface area contributed by atoms with E-state index in [1.807, 2.05) is 13.0 Å². The predicted molar refractivity (Wildman–Crippen MR) is 83.5 cm³/mol. The molecule has 0 radical (unpaired) electrons. The molecule has 8 heteroatoms. The molecule has 120 valence electrons. The number of benzene rings is 1. The second kappa shape index (κ2) is 5.96. The zero-order valence-corrected chi connectivity index (χ0v) is 13.4. The number of aliphatic carboxylic acids is 1. The van der Waals surface area contributed by atoms with Gasteiger partial charge in [0, 0.05) is 0 Å². The average molecular weight is 325 g/mol. The zero-order chi connectivity index (χ0) is 16.5. The van der Waals surface area contributed by atoms with Gasteiger partial charge in [-0.25, -0.2) is 22.9 Å². The van der Waals surface area contributed by atoms with Gasteiger partial charge >= 0.3 is 5.97 Å². The molecule has 1 unspecified atom stereocenters. The van der Waals surface area contributed by atoms with Crippen LogP contribution in [0.5, 0.6) is 0 Å². The van der Waals surface area contributed by atoms with Gasteiger partial charge in [-0.2, -0.15) is 0 Å². The lowest BCUT2D eigenvalue weighted by Gasteiger charge is -2.23.